The monoisotopic (exact) mass is 245 g/mol. The molecule has 0 aliphatic heterocycles. The Morgan fingerprint density at radius 1 is 1.22 bits per heavy atom. The lowest BCUT2D eigenvalue weighted by Crippen LogP contribution is -2.43. The lowest BCUT2D eigenvalue weighted by Gasteiger charge is -2.28. The third kappa shape index (κ3) is 2.58. The maximum absolute atomic E-state index is 12.6. The molecule has 18 heavy (non-hydrogen) atoms. The normalized spacial score (nSPS) is 17.9. The minimum absolute atomic E-state index is 0.222. The van der Waals surface area contributed by atoms with E-state index in [9.17, 15) is 4.79 Å². The highest BCUT2D eigenvalue weighted by molar-refractivity contribution is 5.88. The highest BCUT2D eigenvalue weighted by Gasteiger charge is 2.42. The molecule has 2 heteroatoms. The van der Waals surface area contributed by atoms with Gasteiger partial charge in [0.25, 0.3) is 0 Å². The zero-order chi connectivity index (χ0) is 13.0. The summed E-state index contributed by atoms with van der Waals surface area (Å²) in [6.45, 7) is 5.03. The fraction of sp³-hybridized carbons (Fsp3) is 0.562. The van der Waals surface area contributed by atoms with Gasteiger partial charge in [-0.3, -0.25) is 4.79 Å². The van der Waals surface area contributed by atoms with Gasteiger partial charge in [-0.2, -0.15) is 0 Å². The van der Waals surface area contributed by atoms with E-state index >= 15 is 0 Å². The van der Waals surface area contributed by atoms with Crippen molar-refractivity contribution in [3.63, 3.8) is 0 Å². The first-order valence-corrected chi connectivity index (χ1v) is 6.99. The molecule has 1 N–H and O–H groups in total. The van der Waals surface area contributed by atoms with E-state index in [1.165, 1.54) is 5.56 Å². The Bertz CT molecular complexity index is 391. The van der Waals surface area contributed by atoms with Gasteiger partial charge in [0.15, 0.2) is 0 Å². The molecule has 98 valence electrons. The van der Waals surface area contributed by atoms with Crippen LogP contribution < -0.4 is 5.32 Å². The number of nitrogens with one attached hydrogen (secondary N) is 1. The van der Waals surface area contributed by atoms with Crippen molar-refractivity contribution < 1.29 is 4.79 Å². The lowest BCUT2D eigenvalue weighted by molar-refractivity contribution is -0.126. The van der Waals surface area contributed by atoms with Crippen molar-refractivity contribution in [2.45, 2.75) is 44.9 Å². The van der Waals surface area contributed by atoms with E-state index in [-0.39, 0.29) is 11.3 Å². The highest BCUT2D eigenvalue weighted by Crippen LogP contribution is 2.41. The molecule has 0 heterocycles. The van der Waals surface area contributed by atoms with E-state index in [1.807, 2.05) is 18.2 Å². The van der Waals surface area contributed by atoms with Gasteiger partial charge in [0.2, 0.25) is 5.91 Å². The van der Waals surface area contributed by atoms with Gasteiger partial charge in [-0.1, -0.05) is 57.0 Å². The summed E-state index contributed by atoms with van der Waals surface area (Å²) in [6.07, 6.45) is 4.29. The van der Waals surface area contributed by atoms with Crippen LogP contribution in [-0.2, 0) is 10.2 Å². The Hall–Kier alpha value is -1.31. The molecule has 2 rings (SSSR count). The fourth-order valence-electron chi connectivity index (χ4n) is 2.85. The summed E-state index contributed by atoms with van der Waals surface area (Å²) < 4.78 is 0. The van der Waals surface area contributed by atoms with Gasteiger partial charge >= 0.3 is 0 Å². The van der Waals surface area contributed by atoms with Crippen LogP contribution in [-0.4, -0.2) is 12.5 Å². The molecule has 0 saturated heterocycles. The number of carbonyl (C=O) groups excluding carboxylic acids is 1. The Morgan fingerprint density at radius 2 is 1.83 bits per heavy atom. The van der Waals surface area contributed by atoms with Crippen LogP contribution in [0.5, 0.6) is 0 Å². The third-order valence-electron chi connectivity index (χ3n) is 3.89. The molecular weight excluding hydrogens is 222 g/mol. The van der Waals surface area contributed by atoms with Crippen LogP contribution in [0.3, 0.4) is 0 Å². The predicted molar refractivity (Wildman–Crippen MR) is 74.4 cm³/mol. The first-order valence-electron chi connectivity index (χ1n) is 6.99. The first-order chi connectivity index (χ1) is 8.65. The largest absolute Gasteiger partial charge is 0.355 e. The van der Waals surface area contributed by atoms with Crippen molar-refractivity contribution >= 4 is 5.91 Å². The molecule has 0 atom stereocenters. The standard InChI is InChI=1S/C16H23NO/c1-13(2)12-17-15(18)16(10-6-7-11-16)14-8-4-3-5-9-14/h3-5,8-9,13H,6-7,10-12H2,1-2H3,(H,17,18). The maximum Gasteiger partial charge on any atom is 0.230 e. The predicted octanol–water partition coefficient (Wildman–Crippen LogP) is 3.27. The van der Waals surface area contributed by atoms with Gasteiger partial charge in [-0.15, -0.1) is 0 Å². The molecule has 1 fully saturated rings. The highest BCUT2D eigenvalue weighted by atomic mass is 16.2. The van der Waals surface area contributed by atoms with E-state index in [2.05, 4.69) is 31.3 Å². The smallest absolute Gasteiger partial charge is 0.230 e. The number of carbonyl (C=O) groups is 1. The van der Waals surface area contributed by atoms with Gasteiger partial charge < -0.3 is 5.32 Å². The molecule has 1 amide bonds. The molecular formula is C16H23NO. The van der Waals surface area contributed by atoms with Crippen molar-refractivity contribution in [2.75, 3.05) is 6.54 Å². The van der Waals surface area contributed by atoms with Crippen LogP contribution in [0.1, 0.15) is 45.1 Å². The zero-order valence-electron chi connectivity index (χ0n) is 11.4. The Morgan fingerprint density at radius 3 is 2.39 bits per heavy atom. The van der Waals surface area contributed by atoms with Crippen molar-refractivity contribution in [1.29, 1.82) is 0 Å². The van der Waals surface area contributed by atoms with Crippen LogP contribution in [0, 0.1) is 5.92 Å². The van der Waals surface area contributed by atoms with Gasteiger partial charge in [0, 0.05) is 6.54 Å². The lowest BCUT2D eigenvalue weighted by atomic mass is 9.78. The van der Waals surface area contributed by atoms with Crippen molar-refractivity contribution in [3.05, 3.63) is 35.9 Å². The Balaban J connectivity index is 2.19. The van der Waals surface area contributed by atoms with Crippen LogP contribution in [0.4, 0.5) is 0 Å². The van der Waals surface area contributed by atoms with Gasteiger partial charge in [-0.25, -0.2) is 0 Å². The summed E-state index contributed by atoms with van der Waals surface area (Å²) in [5.74, 6) is 0.725. The summed E-state index contributed by atoms with van der Waals surface area (Å²) in [6, 6.07) is 10.3. The molecule has 0 unspecified atom stereocenters. The fourth-order valence-corrected chi connectivity index (χ4v) is 2.85. The van der Waals surface area contributed by atoms with E-state index in [0.717, 1.165) is 32.2 Å². The van der Waals surface area contributed by atoms with Crippen molar-refractivity contribution in [3.8, 4) is 0 Å². The molecule has 1 aliphatic carbocycles. The Kier molecular flexibility index (Phi) is 4.05. The SMILES string of the molecule is CC(C)CNC(=O)C1(c2ccccc2)CCCC1. The minimum atomic E-state index is -0.268. The van der Waals surface area contributed by atoms with E-state index in [1.54, 1.807) is 0 Å². The molecule has 0 bridgehead atoms. The third-order valence-corrected chi connectivity index (χ3v) is 3.89. The number of rotatable bonds is 4. The maximum atomic E-state index is 12.6. The summed E-state index contributed by atoms with van der Waals surface area (Å²) in [5, 5.41) is 3.12. The van der Waals surface area contributed by atoms with Crippen LogP contribution in [0.25, 0.3) is 0 Å². The number of hydrogen-bond acceptors (Lipinski definition) is 1. The molecule has 0 spiro atoms. The van der Waals surface area contributed by atoms with Crippen LogP contribution in [0.15, 0.2) is 30.3 Å². The number of hydrogen-bond donors (Lipinski definition) is 1. The van der Waals surface area contributed by atoms with Crippen LogP contribution in [0.2, 0.25) is 0 Å². The summed E-state index contributed by atoms with van der Waals surface area (Å²) >= 11 is 0. The van der Waals surface area contributed by atoms with Crippen molar-refractivity contribution in [1.82, 2.24) is 5.32 Å². The second-order valence-electron chi connectivity index (χ2n) is 5.76. The summed E-state index contributed by atoms with van der Waals surface area (Å²) in [5.41, 5.74) is 0.916. The molecule has 1 aromatic carbocycles. The summed E-state index contributed by atoms with van der Waals surface area (Å²) in [4.78, 5) is 12.6. The van der Waals surface area contributed by atoms with Crippen molar-refractivity contribution in [2.24, 2.45) is 5.92 Å². The molecule has 2 nitrogen and oxygen atoms in total. The zero-order valence-corrected chi connectivity index (χ0v) is 11.4. The average molecular weight is 245 g/mol. The summed E-state index contributed by atoms with van der Waals surface area (Å²) in [7, 11) is 0. The van der Waals surface area contributed by atoms with Gasteiger partial charge in [0.1, 0.15) is 0 Å². The van der Waals surface area contributed by atoms with E-state index in [4.69, 9.17) is 0 Å². The molecule has 1 aliphatic rings. The molecule has 0 aromatic heterocycles. The van der Waals surface area contributed by atoms with Gasteiger partial charge in [0.05, 0.1) is 5.41 Å². The molecule has 1 aromatic rings. The van der Waals surface area contributed by atoms with Gasteiger partial charge in [-0.05, 0) is 24.3 Å². The van der Waals surface area contributed by atoms with Crippen LogP contribution >= 0.6 is 0 Å². The number of benzene rings is 1. The Labute approximate surface area is 110 Å². The second-order valence-corrected chi connectivity index (χ2v) is 5.76. The van der Waals surface area contributed by atoms with E-state index in [0.29, 0.717) is 5.92 Å². The average Bonchev–Trinajstić information content (AvgIpc) is 2.87. The molecule has 1 saturated carbocycles. The topological polar surface area (TPSA) is 29.1 Å². The minimum Gasteiger partial charge on any atom is -0.355 e. The quantitative estimate of drug-likeness (QED) is 0.866. The first kappa shape index (κ1) is 13.1. The molecule has 0 radical (unpaired) electrons. The number of amides is 1. The second kappa shape index (κ2) is 5.55. The van der Waals surface area contributed by atoms with E-state index < -0.39 is 0 Å².